The number of para-hydroxylation sites is 2. The van der Waals surface area contributed by atoms with E-state index in [-0.39, 0.29) is 37.3 Å². The average molecular weight is 448 g/mol. The van der Waals surface area contributed by atoms with E-state index in [0.717, 1.165) is 19.4 Å². The van der Waals surface area contributed by atoms with Gasteiger partial charge in [-0.05, 0) is 50.1 Å². The lowest BCUT2D eigenvalue weighted by Gasteiger charge is -2.29. The molecule has 2 N–H and O–H groups in total. The van der Waals surface area contributed by atoms with Crippen LogP contribution in [0.25, 0.3) is 0 Å². The van der Waals surface area contributed by atoms with Gasteiger partial charge in [0.05, 0.1) is 19.3 Å². The Hall–Kier alpha value is -2.64. The average Bonchev–Trinajstić information content (AvgIpc) is 3.17. The molecule has 8 heteroatoms. The molecule has 1 saturated heterocycles. The number of likely N-dealkylation sites (tertiary alicyclic amines) is 1. The summed E-state index contributed by atoms with van der Waals surface area (Å²) in [6.07, 6.45) is 2.25. The molecule has 1 heterocycles. The second-order valence-electron chi connectivity index (χ2n) is 7.60. The smallest absolute Gasteiger partial charge is 0.241 e. The number of halogens is 2. The minimum Gasteiger partial charge on any atom is -0.495 e. The van der Waals surface area contributed by atoms with E-state index in [9.17, 15) is 14.0 Å². The summed E-state index contributed by atoms with van der Waals surface area (Å²) in [5, 5.41) is 0.398. The van der Waals surface area contributed by atoms with Crippen molar-refractivity contribution in [2.45, 2.75) is 31.7 Å². The van der Waals surface area contributed by atoms with Gasteiger partial charge in [0.1, 0.15) is 11.6 Å². The lowest BCUT2D eigenvalue weighted by atomic mass is 10.0. The van der Waals surface area contributed by atoms with Gasteiger partial charge in [-0.15, -0.1) is 0 Å². The number of carbonyl (C=O) groups excluding carboxylic acids is 2. The van der Waals surface area contributed by atoms with E-state index in [1.165, 1.54) is 18.1 Å². The number of carbonyl (C=O) groups is 2. The lowest BCUT2D eigenvalue weighted by molar-refractivity contribution is -0.120. The third-order valence-corrected chi connectivity index (χ3v) is 5.95. The van der Waals surface area contributed by atoms with Crippen LogP contribution in [-0.2, 0) is 16.0 Å². The Morgan fingerprint density at radius 3 is 2.74 bits per heavy atom. The van der Waals surface area contributed by atoms with E-state index in [4.69, 9.17) is 22.1 Å². The number of amides is 2. The molecule has 0 radical (unpaired) electrons. The van der Waals surface area contributed by atoms with Gasteiger partial charge in [0.25, 0.3) is 0 Å². The fourth-order valence-corrected chi connectivity index (χ4v) is 4.25. The minimum absolute atomic E-state index is 0.00834. The Morgan fingerprint density at radius 1 is 1.26 bits per heavy atom. The molecule has 1 fully saturated rings. The van der Waals surface area contributed by atoms with Crippen LogP contribution >= 0.6 is 11.6 Å². The van der Waals surface area contributed by atoms with Gasteiger partial charge in [0.15, 0.2) is 0 Å². The summed E-state index contributed by atoms with van der Waals surface area (Å²) in [6, 6.07) is 11.8. The van der Waals surface area contributed by atoms with Crippen molar-refractivity contribution in [1.29, 1.82) is 0 Å². The number of benzene rings is 2. The van der Waals surface area contributed by atoms with Crippen LogP contribution in [0.1, 0.15) is 24.8 Å². The highest BCUT2D eigenvalue weighted by atomic mass is 35.5. The molecule has 2 aromatic carbocycles. The van der Waals surface area contributed by atoms with Gasteiger partial charge >= 0.3 is 0 Å². The standard InChI is InChI=1S/C23H27ClFN3O3/c1-31-21-10-3-2-9-20(21)28(13-11-22(26)29)23(30)15-27-12-5-6-16(27)14-17-18(24)7-4-8-19(17)25/h2-4,7-10,16H,5-6,11-15H2,1H3,(H2,26,29). The number of ether oxygens (including phenoxy) is 1. The second-order valence-corrected chi connectivity index (χ2v) is 8.01. The molecular weight excluding hydrogens is 421 g/mol. The Kier molecular flexibility index (Phi) is 7.87. The predicted molar refractivity (Wildman–Crippen MR) is 119 cm³/mol. The molecule has 6 nitrogen and oxygen atoms in total. The van der Waals surface area contributed by atoms with Crippen LogP contribution in [0, 0.1) is 5.82 Å². The van der Waals surface area contributed by atoms with Crippen molar-refractivity contribution in [3.8, 4) is 5.75 Å². The van der Waals surface area contributed by atoms with E-state index in [1.807, 2.05) is 6.07 Å². The van der Waals surface area contributed by atoms with Gasteiger partial charge < -0.3 is 15.4 Å². The summed E-state index contributed by atoms with van der Waals surface area (Å²) in [6.45, 7) is 1.04. The van der Waals surface area contributed by atoms with Crippen LogP contribution in [0.2, 0.25) is 5.02 Å². The first-order chi connectivity index (χ1) is 14.9. The molecule has 0 bridgehead atoms. The van der Waals surface area contributed by atoms with Crippen molar-refractivity contribution < 1.29 is 18.7 Å². The van der Waals surface area contributed by atoms with Crippen molar-refractivity contribution in [3.05, 3.63) is 58.9 Å². The fraction of sp³-hybridized carbons (Fsp3) is 0.391. The SMILES string of the molecule is COc1ccccc1N(CCC(N)=O)C(=O)CN1CCCC1Cc1c(F)cccc1Cl. The Morgan fingerprint density at radius 2 is 2.03 bits per heavy atom. The van der Waals surface area contributed by atoms with Gasteiger partial charge in [-0.3, -0.25) is 14.5 Å². The first kappa shape index (κ1) is 23.0. The number of rotatable bonds is 9. The number of anilines is 1. The molecular formula is C23H27ClFN3O3. The van der Waals surface area contributed by atoms with Crippen molar-refractivity contribution in [2.75, 3.05) is 31.6 Å². The van der Waals surface area contributed by atoms with Crippen LogP contribution in [0.3, 0.4) is 0 Å². The van der Waals surface area contributed by atoms with Crippen LogP contribution < -0.4 is 15.4 Å². The number of methoxy groups -OCH3 is 1. The second kappa shape index (κ2) is 10.6. The summed E-state index contributed by atoms with van der Waals surface area (Å²) in [5.41, 5.74) is 6.39. The van der Waals surface area contributed by atoms with Crippen molar-refractivity contribution >= 4 is 29.1 Å². The maximum Gasteiger partial charge on any atom is 0.241 e. The van der Waals surface area contributed by atoms with E-state index in [2.05, 4.69) is 4.90 Å². The van der Waals surface area contributed by atoms with E-state index in [1.54, 1.807) is 30.3 Å². The normalized spacial score (nSPS) is 16.3. The third kappa shape index (κ3) is 5.74. The molecule has 2 amide bonds. The van der Waals surface area contributed by atoms with Gasteiger partial charge in [-0.25, -0.2) is 4.39 Å². The molecule has 31 heavy (non-hydrogen) atoms. The highest BCUT2D eigenvalue weighted by Gasteiger charge is 2.30. The Bertz CT molecular complexity index is 920. The molecule has 1 atom stereocenters. The van der Waals surface area contributed by atoms with E-state index in [0.29, 0.717) is 28.4 Å². The molecule has 2 aromatic rings. The van der Waals surface area contributed by atoms with Gasteiger partial charge in [0, 0.05) is 29.6 Å². The summed E-state index contributed by atoms with van der Waals surface area (Å²) in [4.78, 5) is 28.2. The predicted octanol–water partition coefficient (Wildman–Crippen LogP) is 3.40. The third-order valence-electron chi connectivity index (χ3n) is 5.60. The maximum atomic E-state index is 14.3. The maximum absolute atomic E-state index is 14.3. The molecule has 0 saturated carbocycles. The van der Waals surface area contributed by atoms with Crippen molar-refractivity contribution in [1.82, 2.24) is 4.90 Å². The fourth-order valence-electron chi connectivity index (χ4n) is 4.01. The first-order valence-corrected chi connectivity index (χ1v) is 10.7. The van der Waals surface area contributed by atoms with Crippen molar-refractivity contribution in [3.63, 3.8) is 0 Å². The minimum atomic E-state index is -0.485. The Balaban J connectivity index is 1.77. The summed E-state index contributed by atoms with van der Waals surface area (Å²) in [5.74, 6) is -0.447. The number of hydrogen-bond acceptors (Lipinski definition) is 4. The molecule has 3 rings (SSSR count). The van der Waals surface area contributed by atoms with Crippen molar-refractivity contribution in [2.24, 2.45) is 5.73 Å². The zero-order valence-electron chi connectivity index (χ0n) is 17.5. The zero-order valence-corrected chi connectivity index (χ0v) is 18.3. The molecule has 1 aliphatic rings. The van der Waals surface area contributed by atoms with Gasteiger partial charge in [-0.1, -0.05) is 29.8 Å². The zero-order chi connectivity index (χ0) is 22.4. The molecule has 1 unspecified atom stereocenters. The topological polar surface area (TPSA) is 75.9 Å². The molecule has 1 aliphatic heterocycles. The molecule has 0 aromatic heterocycles. The first-order valence-electron chi connectivity index (χ1n) is 10.3. The molecule has 166 valence electrons. The van der Waals surface area contributed by atoms with E-state index >= 15 is 0 Å². The summed E-state index contributed by atoms with van der Waals surface area (Å²) < 4.78 is 19.7. The number of nitrogens with zero attached hydrogens (tertiary/aromatic N) is 2. The largest absolute Gasteiger partial charge is 0.495 e. The summed E-state index contributed by atoms with van der Waals surface area (Å²) >= 11 is 6.20. The van der Waals surface area contributed by atoms with Gasteiger partial charge in [-0.2, -0.15) is 0 Å². The lowest BCUT2D eigenvalue weighted by Crippen LogP contribution is -2.44. The number of hydrogen-bond donors (Lipinski definition) is 1. The van der Waals surface area contributed by atoms with Crippen LogP contribution in [-0.4, -0.2) is 49.5 Å². The van der Waals surface area contributed by atoms with Crippen LogP contribution in [0.15, 0.2) is 42.5 Å². The Labute approximate surface area is 186 Å². The van der Waals surface area contributed by atoms with E-state index < -0.39 is 5.91 Å². The molecule has 0 spiro atoms. The number of nitrogens with two attached hydrogens (primary N) is 1. The van der Waals surface area contributed by atoms with Crippen LogP contribution in [0.4, 0.5) is 10.1 Å². The highest BCUT2D eigenvalue weighted by molar-refractivity contribution is 6.31. The van der Waals surface area contributed by atoms with Crippen LogP contribution in [0.5, 0.6) is 5.75 Å². The highest BCUT2D eigenvalue weighted by Crippen LogP contribution is 2.30. The summed E-state index contributed by atoms with van der Waals surface area (Å²) in [7, 11) is 1.53. The van der Waals surface area contributed by atoms with Gasteiger partial charge in [0.2, 0.25) is 11.8 Å². The molecule has 0 aliphatic carbocycles. The number of primary amides is 1. The monoisotopic (exact) mass is 447 g/mol. The quantitative estimate of drug-likeness (QED) is 0.639.